The van der Waals surface area contributed by atoms with E-state index >= 15 is 0 Å². The third-order valence-electron chi connectivity index (χ3n) is 2.47. The van der Waals surface area contributed by atoms with Crippen LogP contribution in [0.5, 0.6) is 0 Å². The minimum absolute atomic E-state index is 0.108. The van der Waals surface area contributed by atoms with Crippen LogP contribution in [0.25, 0.3) is 0 Å². The number of hydrogen-bond acceptors (Lipinski definition) is 3. The topological polar surface area (TPSA) is 41.1 Å². The third kappa shape index (κ3) is 7.68. The van der Waals surface area contributed by atoms with Crippen molar-refractivity contribution in [3.63, 3.8) is 0 Å². The SMILES string of the molecule is CCC(CC)NC(=O)CNCC(C)SC. The summed E-state index contributed by atoms with van der Waals surface area (Å²) in [5.74, 6) is 0.108. The average Bonchev–Trinajstić information content (AvgIpc) is 2.25. The van der Waals surface area contributed by atoms with Gasteiger partial charge in [0, 0.05) is 17.8 Å². The Hall–Kier alpha value is -0.220. The summed E-state index contributed by atoms with van der Waals surface area (Å²) in [6.45, 7) is 7.66. The van der Waals surface area contributed by atoms with Gasteiger partial charge in [0.15, 0.2) is 0 Å². The van der Waals surface area contributed by atoms with E-state index in [2.05, 4.69) is 37.7 Å². The summed E-state index contributed by atoms with van der Waals surface area (Å²) in [4.78, 5) is 11.5. The second-order valence-electron chi connectivity index (χ2n) is 3.76. The van der Waals surface area contributed by atoms with E-state index in [0.29, 0.717) is 17.8 Å². The van der Waals surface area contributed by atoms with Crippen LogP contribution in [0.1, 0.15) is 33.6 Å². The van der Waals surface area contributed by atoms with Crippen molar-refractivity contribution in [1.29, 1.82) is 0 Å². The molecule has 0 aliphatic carbocycles. The summed E-state index contributed by atoms with van der Waals surface area (Å²) in [5, 5.41) is 6.72. The highest BCUT2D eigenvalue weighted by Crippen LogP contribution is 2.02. The fourth-order valence-corrected chi connectivity index (χ4v) is 1.53. The van der Waals surface area contributed by atoms with Crippen molar-refractivity contribution >= 4 is 17.7 Å². The zero-order valence-electron chi connectivity index (χ0n) is 10.3. The lowest BCUT2D eigenvalue weighted by atomic mass is 10.2. The summed E-state index contributed by atoms with van der Waals surface area (Å²) in [6.07, 6.45) is 4.09. The molecule has 0 rings (SSSR count). The summed E-state index contributed by atoms with van der Waals surface area (Å²) in [5.41, 5.74) is 0. The molecule has 3 nitrogen and oxygen atoms in total. The van der Waals surface area contributed by atoms with Crippen LogP contribution in [-0.2, 0) is 4.79 Å². The third-order valence-corrected chi connectivity index (χ3v) is 3.44. The van der Waals surface area contributed by atoms with E-state index < -0.39 is 0 Å². The number of nitrogens with one attached hydrogen (secondary N) is 2. The molecule has 90 valence electrons. The lowest BCUT2D eigenvalue weighted by Gasteiger charge is -2.15. The van der Waals surface area contributed by atoms with Crippen LogP contribution in [0.3, 0.4) is 0 Å². The van der Waals surface area contributed by atoms with Gasteiger partial charge in [-0.05, 0) is 19.1 Å². The Kier molecular flexibility index (Phi) is 8.91. The Morgan fingerprint density at radius 1 is 1.33 bits per heavy atom. The van der Waals surface area contributed by atoms with E-state index in [0.717, 1.165) is 19.4 Å². The van der Waals surface area contributed by atoms with E-state index in [1.54, 1.807) is 11.8 Å². The monoisotopic (exact) mass is 232 g/mol. The van der Waals surface area contributed by atoms with Gasteiger partial charge in [-0.3, -0.25) is 4.79 Å². The predicted molar refractivity (Wildman–Crippen MR) is 68.4 cm³/mol. The van der Waals surface area contributed by atoms with Crippen molar-refractivity contribution in [3.05, 3.63) is 0 Å². The minimum atomic E-state index is 0.108. The molecule has 0 saturated carbocycles. The van der Waals surface area contributed by atoms with Gasteiger partial charge in [0.25, 0.3) is 0 Å². The fourth-order valence-electron chi connectivity index (χ4n) is 1.24. The zero-order chi connectivity index (χ0) is 11.7. The maximum atomic E-state index is 11.5. The number of rotatable bonds is 8. The highest BCUT2D eigenvalue weighted by Gasteiger charge is 2.07. The molecule has 1 amide bonds. The first-order valence-corrected chi connectivity index (χ1v) is 6.95. The van der Waals surface area contributed by atoms with E-state index in [4.69, 9.17) is 0 Å². The summed E-state index contributed by atoms with van der Waals surface area (Å²) < 4.78 is 0. The molecule has 2 N–H and O–H groups in total. The van der Waals surface area contributed by atoms with E-state index in [-0.39, 0.29) is 5.91 Å². The highest BCUT2D eigenvalue weighted by molar-refractivity contribution is 7.99. The molecule has 0 aromatic carbocycles. The van der Waals surface area contributed by atoms with Crippen molar-refractivity contribution in [2.75, 3.05) is 19.3 Å². The number of amides is 1. The highest BCUT2D eigenvalue weighted by atomic mass is 32.2. The molecule has 0 aromatic rings. The lowest BCUT2D eigenvalue weighted by Crippen LogP contribution is -2.41. The Balaban J connectivity index is 3.56. The van der Waals surface area contributed by atoms with Gasteiger partial charge in [-0.15, -0.1) is 0 Å². The molecule has 0 radical (unpaired) electrons. The Morgan fingerprint density at radius 2 is 1.93 bits per heavy atom. The summed E-state index contributed by atoms with van der Waals surface area (Å²) in [6, 6.07) is 0.331. The average molecular weight is 232 g/mol. The first-order valence-electron chi connectivity index (χ1n) is 5.66. The largest absolute Gasteiger partial charge is 0.352 e. The standard InChI is InChI=1S/C11H24N2OS/c1-5-10(6-2)13-11(14)8-12-7-9(3)15-4/h9-10,12H,5-8H2,1-4H3,(H,13,14). The van der Waals surface area contributed by atoms with Crippen molar-refractivity contribution < 1.29 is 4.79 Å². The van der Waals surface area contributed by atoms with Gasteiger partial charge in [0.2, 0.25) is 5.91 Å². The first-order chi connectivity index (χ1) is 7.13. The van der Waals surface area contributed by atoms with Crippen LogP contribution in [-0.4, -0.2) is 36.5 Å². The minimum Gasteiger partial charge on any atom is -0.352 e. The molecule has 0 aliphatic rings. The Bertz CT molecular complexity index is 172. The molecular formula is C11H24N2OS. The fraction of sp³-hybridized carbons (Fsp3) is 0.909. The smallest absolute Gasteiger partial charge is 0.234 e. The van der Waals surface area contributed by atoms with Crippen molar-refractivity contribution in [3.8, 4) is 0 Å². The molecular weight excluding hydrogens is 208 g/mol. The predicted octanol–water partition coefficient (Wildman–Crippen LogP) is 1.63. The number of carbonyl (C=O) groups excluding carboxylic acids is 1. The maximum absolute atomic E-state index is 11.5. The van der Waals surface area contributed by atoms with Crippen molar-refractivity contribution in [1.82, 2.24) is 10.6 Å². The molecule has 0 saturated heterocycles. The lowest BCUT2D eigenvalue weighted by molar-refractivity contribution is -0.121. The van der Waals surface area contributed by atoms with Crippen molar-refractivity contribution in [2.24, 2.45) is 0 Å². The number of carbonyl (C=O) groups is 1. The summed E-state index contributed by atoms with van der Waals surface area (Å²) in [7, 11) is 0. The Labute approximate surface area is 97.8 Å². The van der Waals surface area contributed by atoms with Gasteiger partial charge < -0.3 is 10.6 Å². The maximum Gasteiger partial charge on any atom is 0.234 e. The van der Waals surface area contributed by atoms with Gasteiger partial charge in [-0.25, -0.2) is 0 Å². The molecule has 0 fully saturated rings. The van der Waals surface area contributed by atoms with E-state index in [1.807, 2.05) is 0 Å². The Morgan fingerprint density at radius 3 is 2.40 bits per heavy atom. The van der Waals surface area contributed by atoms with Gasteiger partial charge in [0.05, 0.1) is 6.54 Å². The van der Waals surface area contributed by atoms with Crippen LogP contribution in [0.15, 0.2) is 0 Å². The number of hydrogen-bond donors (Lipinski definition) is 2. The van der Waals surface area contributed by atoms with Crippen LogP contribution in [0.2, 0.25) is 0 Å². The molecule has 0 heterocycles. The number of thioether (sulfide) groups is 1. The quantitative estimate of drug-likeness (QED) is 0.668. The second-order valence-corrected chi connectivity index (χ2v) is 5.03. The van der Waals surface area contributed by atoms with Crippen LogP contribution in [0.4, 0.5) is 0 Å². The van der Waals surface area contributed by atoms with Crippen LogP contribution in [0, 0.1) is 0 Å². The molecule has 0 spiro atoms. The van der Waals surface area contributed by atoms with Crippen molar-refractivity contribution in [2.45, 2.75) is 44.9 Å². The van der Waals surface area contributed by atoms with Gasteiger partial charge in [0.1, 0.15) is 0 Å². The molecule has 15 heavy (non-hydrogen) atoms. The molecule has 0 bridgehead atoms. The first kappa shape index (κ1) is 14.8. The van der Waals surface area contributed by atoms with E-state index in [9.17, 15) is 4.79 Å². The summed E-state index contributed by atoms with van der Waals surface area (Å²) >= 11 is 1.81. The normalized spacial score (nSPS) is 12.9. The molecule has 1 atom stereocenters. The molecule has 0 aromatic heterocycles. The molecule has 4 heteroatoms. The van der Waals surface area contributed by atoms with Crippen LogP contribution < -0.4 is 10.6 Å². The van der Waals surface area contributed by atoms with Gasteiger partial charge in [-0.2, -0.15) is 11.8 Å². The molecule has 1 unspecified atom stereocenters. The van der Waals surface area contributed by atoms with E-state index in [1.165, 1.54) is 0 Å². The zero-order valence-corrected chi connectivity index (χ0v) is 11.1. The molecule has 0 aliphatic heterocycles. The van der Waals surface area contributed by atoms with Crippen LogP contribution >= 0.6 is 11.8 Å². The van der Waals surface area contributed by atoms with Gasteiger partial charge in [-0.1, -0.05) is 20.8 Å². The second kappa shape index (κ2) is 9.04. The van der Waals surface area contributed by atoms with Gasteiger partial charge >= 0.3 is 0 Å².